The van der Waals surface area contributed by atoms with Crippen LogP contribution in [-0.4, -0.2) is 12.8 Å². The largest absolute Gasteiger partial charge is 0.465 e. The molecule has 17 heavy (non-hydrogen) atoms. The van der Waals surface area contributed by atoms with Crippen molar-refractivity contribution in [3.8, 4) is 5.75 Å². The molecule has 1 aromatic carbocycles. The van der Waals surface area contributed by atoms with Gasteiger partial charge in [-0.3, -0.25) is 0 Å². The van der Waals surface area contributed by atoms with E-state index in [1.165, 1.54) is 11.1 Å². The number of oxime groups is 1. The number of nitrogens with zero attached hydrogens (tertiary/aromatic N) is 1. The van der Waals surface area contributed by atoms with E-state index in [2.05, 4.69) is 17.3 Å². The summed E-state index contributed by atoms with van der Waals surface area (Å²) in [7, 11) is 1.56. The fraction of sp³-hybridized carbons (Fsp3) is 0.214. The molecule has 1 aliphatic carbocycles. The Labute approximate surface area is 100 Å². The van der Waals surface area contributed by atoms with Gasteiger partial charge in [0.2, 0.25) is 0 Å². The number of allylic oxidation sites excluding steroid dienone is 3. The van der Waals surface area contributed by atoms with Gasteiger partial charge in [-0.25, -0.2) is 0 Å². The molecule has 0 saturated heterocycles. The molecule has 0 aromatic heterocycles. The van der Waals surface area contributed by atoms with Crippen molar-refractivity contribution in [3.63, 3.8) is 0 Å². The van der Waals surface area contributed by atoms with Crippen LogP contribution >= 0.6 is 0 Å². The molecule has 1 heterocycles. The van der Waals surface area contributed by atoms with Crippen LogP contribution in [0.25, 0.3) is 0 Å². The van der Waals surface area contributed by atoms with Crippen LogP contribution in [0, 0.1) is 0 Å². The second-order valence-electron chi connectivity index (χ2n) is 4.13. The molecule has 0 radical (unpaired) electrons. The van der Waals surface area contributed by atoms with Crippen molar-refractivity contribution in [1.29, 1.82) is 0 Å². The van der Waals surface area contributed by atoms with Crippen LogP contribution in [0.3, 0.4) is 0 Å². The normalized spacial score (nSPS) is 23.5. The summed E-state index contributed by atoms with van der Waals surface area (Å²) in [5.74, 6) is 1.26. The second-order valence-corrected chi connectivity index (χ2v) is 4.13. The fourth-order valence-electron chi connectivity index (χ4n) is 2.29. The molecule has 86 valence electrons. The summed E-state index contributed by atoms with van der Waals surface area (Å²) < 4.78 is 5.63. The van der Waals surface area contributed by atoms with Gasteiger partial charge in [-0.2, -0.15) is 0 Å². The summed E-state index contributed by atoms with van der Waals surface area (Å²) in [5, 5.41) is 3.96. The van der Waals surface area contributed by atoms with E-state index in [1.807, 2.05) is 30.5 Å². The van der Waals surface area contributed by atoms with Gasteiger partial charge in [0.15, 0.2) is 0 Å². The number of fused-ring (bicyclic) bond motifs is 3. The van der Waals surface area contributed by atoms with Crippen molar-refractivity contribution in [2.45, 2.75) is 12.3 Å². The third kappa shape index (κ3) is 1.73. The highest BCUT2D eigenvalue weighted by Crippen LogP contribution is 2.40. The molecule has 3 rings (SSSR count). The molecule has 1 aliphatic heterocycles. The molecule has 0 spiro atoms. The quantitative estimate of drug-likeness (QED) is 0.690. The van der Waals surface area contributed by atoms with Gasteiger partial charge in [0.25, 0.3) is 0 Å². The standard InChI is InChI=1S/C14H13NO2/c1-16-15-11-6-7-12-10(8-11)9-17-14-5-3-2-4-13(12)14/h2-7,9,12H,8H2,1H3. The molecule has 0 saturated carbocycles. The highest BCUT2D eigenvalue weighted by Gasteiger charge is 2.26. The molecule has 1 aromatic rings. The SMILES string of the molecule is CON=C1C=CC2C(=COc3ccccc32)C1. The molecule has 0 bridgehead atoms. The zero-order valence-electron chi connectivity index (χ0n) is 9.59. The zero-order chi connectivity index (χ0) is 11.7. The number of rotatable bonds is 1. The van der Waals surface area contributed by atoms with Crippen LogP contribution in [0.5, 0.6) is 5.75 Å². The lowest BCUT2D eigenvalue weighted by molar-refractivity contribution is 0.213. The number of ether oxygens (including phenoxy) is 1. The molecule has 2 aliphatic rings. The van der Waals surface area contributed by atoms with Gasteiger partial charge in [-0.1, -0.05) is 29.4 Å². The summed E-state index contributed by atoms with van der Waals surface area (Å²) >= 11 is 0. The maximum Gasteiger partial charge on any atom is 0.130 e. The van der Waals surface area contributed by atoms with Gasteiger partial charge >= 0.3 is 0 Å². The molecular formula is C14H13NO2. The van der Waals surface area contributed by atoms with Crippen LogP contribution in [0.2, 0.25) is 0 Å². The topological polar surface area (TPSA) is 30.8 Å². The van der Waals surface area contributed by atoms with Gasteiger partial charge in [0.1, 0.15) is 12.9 Å². The molecule has 0 N–H and O–H groups in total. The summed E-state index contributed by atoms with van der Waals surface area (Å²) in [5.41, 5.74) is 3.37. The molecule has 0 amide bonds. The first-order valence-electron chi connectivity index (χ1n) is 5.61. The Morgan fingerprint density at radius 2 is 2.24 bits per heavy atom. The Hall–Kier alpha value is -2.03. The summed E-state index contributed by atoms with van der Waals surface area (Å²) in [6.07, 6.45) is 6.78. The van der Waals surface area contributed by atoms with Crippen LogP contribution in [-0.2, 0) is 4.84 Å². The Morgan fingerprint density at radius 1 is 1.35 bits per heavy atom. The average Bonchev–Trinajstić information content (AvgIpc) is 2.39. The Morgan fingerprint density at radius 3 is 3.12 bits per heavy atom. The van der Waals surface area contributed by atoms with Crippen LogP contribution in [0.1, 0.15) is 17.9 Å². The van der Waals surface area contributed by atoms with E-state index in [4.69, 9.17) is 9.57 Å². The zero-order valence-corrected chi connectivity index (χ0v) is 9.59. The van der Waals surface area contributed by atoms with Crippen molar-refractivity contribution in [3.05, 3.63) is 53.8 Å². The fourth-order valence-corrected chi connectivity index (χ4v) is 2.29. The monoisotopic (exact) mass is 227 g/mol. The lowest BCUT2D eigenvalue weighted by atomic mass is 9.83. The lowest BCUT2D eigenvalue weighted by Gasteiger charge is -2.27. The lowest BCUT2D eigenvalue weighted by Crippen LogP contribution is -2.15. The van der Waals surface area contributed by atoms with Crippen molar-refractivity contribution < 1.29 is 9.57 Å². The van der Waals surface area contributed by atoms with Crippen molar-refractivity contribution in [2.24, 2.45) is 5.16 Å². The number of hydrogen-bond donors (Lipinski definition) is 0. The highest BCUT2D eigenvalue weighted by molar-refractivity contribution is 5.98. The highest BCUT2D eigenvalue weighted by atomic mass is 16.6. The average molecular weight is 227 g/mol. The van der Waals surface area contributed by atoms with E-state index in [0.29, 0.717) is 5.92 Å². The van der Waals surface area contributed by atoms with Crippen molar-refractivity contribution in [1.82, 2.24) is 0 Å². The van der Waals surface area contributed by atoms with Crippen LogP contribution in [0.4, 0.5) is 0 Å². The first-order valence-corrected chi connectivity index (χ1v) is 5.61. The molecule has 1 atom stereocenters. The Bertz CT molecular complexity index is 529. The smallest absolute Gasteiger partial charge is 0.130 e. The van der Waals surface area contributed by atoms with E-state index >= 15 is 0 Å². The van der Waals surface area contributed by atoms with Gasteiger partial charge in [0, 0.05) is 17.9 Å². The van der Waals surface area contributed by atoms with Gasteiger partial charge in [-0.05, 0) is 17.7 Å². The Kier molecular flexibility index (Phi) is 2.44. The second kappa shape index (κ2) is 4.09. The van der Waals surface area contributed by atoms with Crippen molar-refractivity contribution >= 4 is 5.71 Å². The maximum absolute atomic E-state index is 5.63. The first kappa shape index (κ1) is 10.1. The predicted octanol–water partition coefficient (Wildman–Crippen LogP) is 3.01. The van der Waals surface area contributed by atoms with E-state index in [0.717, 1.165) is 17.9 Å². The minimum Gasteiger partial charge on any atom is -0.465 e. The molecule has 0 fully saturated rings. The molecule has 3 heteroatoms. The predicted molar refractivity (Wildman–Crippen MR) is 66.1 cm³/mol. The summed E-state index contributed by atoms with van der Waals surface area (Å²) in [6.45, 7) is 0. The minimum absolute atomic E-state index is 0.316. The maximum atomic E-state index is 5.63. The molecule has 3 nitrogen and oxygen atoms in total. The van der Waals surface area contributed by atoms with E-state index in [1.54, 1.807) is 7.11 Å². The van der Waals surface area contributed by atoms with Crippen LogP contribution < -0.4 is 4.74 Å². The van der Waals surface area contributed by atoms with Crippen LogP contribution in [0.15, 0.2) is 53.4 Å². The number of para-hydroxylation sites is 1. The van der Waals surface area contributed by atoms with Crippen molar-refractivity contribution in [2.75, 3.05) is 7.11 Å². The van der Waals surface area contributed by atoms with Gasteiger partial charge in [0.05, 0.1) is 12.0 Å². The van der Waals surface area contributed by atoms with E-state index < -0.39 is 0 Å². The third-order valence-electron chi connectivity index (χ3n) is 3.07. The number of hydrogen-bond acceptors (Lipinski definition) is 3. The number of benzene rings is 1. The minimum atomic E-state index is 0.316. The van der Waals surface area contributed by atoms with Gasteiger partial charge in [-0.15, -0.1) is 0 Å². The van der Waals surface area contributed by atoms with Gasteiger partial charge < -0.3 is 9.57 Å². The Balaban J connectivity index is 2.00. The van der Waals surface area contributed by atoms with E-state index in [-0.39, 0.29) is 0 Å². The first-order chi connectivity index (χ1) is 8.38. The molecule has 1 unspecified atom stereocenters. The third-order valence-corrected chi connectivity index (χ3v) is 3.07. The van der Waals surface area contributed by atoms with E-state index in [9.17, 15) is 0 Å². The molecular weight excluding hydrogens is 214 g/mol. The summed E-state index contributed by atoms with van der Waals surface area (Å²) in [6, 6.07) is 8.13. The summed E-state index contributed by atoms with van der Waals surface area (Å²) in [4.78, 5) is 4.80.